The van der Waals surface area contributed by atoms with Gasteiger partial charge in [0.1, 0.15) is 5.69 Å². The quantitative estimate of drug-likeness (QED) is 0.795. The lowest BCUT2D eigenvalue weighted by molar-refractivity contribution is 0.0946. The number of hydrogen-bond acceptors (Lipinski definition) is 4. The molecule has 0 aliphatic carbocycles. The highest BCUT2D eigenvalue weighted by molar-refractivity contribution is 7.17. The van der Waals surface area contributed by atoms with E-state index >= 15 is 0 Å². The fraction of sp³-hybridized carbons (Fsp3) is 0.0714. The Hall–Kier alpha value is -2.27. The molecule has 0 unspecified atom stereocenters. The van der Waals surface area contributed by atoms with Gasteiger partial charge in [-0.05, 0) is 34.5 Å². The van der Waals surface area contributed by atoms with E-state index in [2.05, 4.69) is 15.3 Å². The van der Waals surface area contributed by atoms with E-state index < -0.39 is 0 Å². The molecule has 0 aliphatic heterocycles. The molecule has 5 heteroatoms. The van der Waals surface area contributed by atoms with Gasteiger partial charge in [0.2, 0.25) is 0 Å². The van der Waals surface area contributed by atoms with E-state index in [-0.39, 0.29) is 5.91 Å². The number of pyridine rings is 2. The molecule has 0 aromatic carbocycles. The van der Waals surface area contributed by atoms with Crippen LogP contribution in [0.3, 0.4) is 0 Å². The molecule has 3 rings (SSSR count). The van der Waals surface area contributed by atoms with Crippen LogP contribution in [0.25, 0.3) is 10.1 Å². The first kappa shape index (κ1) is 11.8. The zero-order valence-electron chi connectivity index (χ0n) is 10.0. The van der Waals surface area contributed by atoms with E-state index in [9.17, 15) is 4.79 Å². The zero-order chi connectivity index (χ0) is 13.1. The Morgan fingerprint density at radius 1 is 1.32 bits per heavy atom. The van der Waals surface area contributed by atoms with Gasteiger partial charge in [-0.3, -0.25) is 9.78 Å². The van der Waals surface area contributed by atoms with Crippen LogP contribution in [0.15, 0.2) is 48.2 Å². The summed E-state index contributed by atoms with van der Waals surface area (Å²) in [6.45, 7) is 0.454. The Bertz CT molecular complexity index is 709. The summed E-state index contributed by atoms with van der Waals surface area (Å²) in [5, 5.41) is 5.87. The summed E-state index contributed by atoms with van der Waals surface area (Å²) < 4.78 is 1.09. The minimum Gasteiger partial charge on any atom is -0.347 e. The number of amides is 1. The number of hydrogen-bond donors (Lipinski definition) is 1. The number of carbonyl (C=O) groups excluding carboxylic acids is 1. The number of carbonyl (C=O) groups is 1. The normalized spacial score (nSPS) is 10.5. The summed E-state index contributed by atoms with van der Waals surface area (Å²) in [6.07, 6.45) is 5.17. The third kappa shape index (κ3) is 2.61. The van der Waals surface area contributed by atoms with Crippen LogP contribution in [0.2, 0.25) is 0 Å². The molecule has 94 valence electrons. The fourth-order valence-electron chi connectivity index (χ4n) is 1.77. The standard InChI is InChI=1S/C14H11N3OS/c18-14(17-8-10-2-1-4-15-7-10)12-6-11-3-5-19-13(11)9-16-12/h1-7,9H,8H2,(H,17,18). The SMILES string of the molecule is O=C(NCc1cccnc1)c1cc2ccsc2cn1. The van der Waals surface area contributed by atoms with Crippen LogP contribution in [0.4, 0.5) is 0 Å². The highest BCUT2D eigenvalue weighted by Gasteiger charge is 2.08. The van der Waals surface area contributed by atoms with Crippen LogP contribution in [0.1, 0.15) is 16.1 Å². The predicted molar refractivity (Wildman–Crippen MR) is 75.0 cm³/mol. The van der Waals surface area contributed by atoms with Crippen molar-refractivity contribution in [2.45, 2.75) is 6.54 Å². The van der Waals surface area contributed by atoms with Gasteiger partial charge < -0.3 is 5.32 Å². The molecule has 0 fully saturated rings. The van der Waals surface area contributed by atoms with E-state index in [0.717, 1.165) is 15.6 Å². The lowest BCUT2D eigenvalue weighted by Crippen LogP contribution is -2.23. The largest absolute Gasteiger partial charge is 0.347 e. The molecule has 19 heavy (non-hydrogen) atoms. The Morgan fingerprint density at radius 2 is 2.26 bits per heavy atom. The van der Waals surface area contributed by atoms with E-state index in [1.165, 1.54) is 0 Å². The van der Waals surface area contributed by atoms with Crippen molar-refractivity contribution in [2.24, 2.45) is 0 Å². The van der Waals surface area contributed by atoms with Gasteiger partial charge in [0, 0.05) is 25.1 Å². The van der Waals surface area contributed by atoms with Gasteiger partial charge in [0.15, 0.2) is 0 Å². The highest BCUT2D eigenvalue weighted by atomic mass is 32.1. The number of aromatic nitrogens is 2. The maximum atomic E-state index is 12.0. The predicted octanol–water partition coefficient (Wildman–Crippen LogP) is 2.62. The van der Waals surface area contributed by atoms with E-state index in [1.807, 2.05) is 29.6 Å². The van der Waals surface area contributed by atoms with Crippen LogP contribution in [-0.4, -0.2) is 15.9 Å². The molecule has 0 bridgehead atoms. The Labute approximate surface area is 114 Å². The average molecular weight is 269 g/mol. The number of fused-ring (bicyclic) bond motifs is 1. The Kier molecular flexibility index (Phi) is 3.20. The number of nitrogens with one attached hydrogen (secondary N) is 1. The van der Waals surface area contributed by atoms with Gasteiger partial charge in [-0.2, -0.15) is 0 Å². The van der Waals surface area contributed by atoms with Gasteiger partial charge in [0.25, 0.3) is 5.91 Å². The van der Waals surface area contributed by atoms with Crippen molar-refractivity contribution in [3.63, 3.8) is 0 Å². The Morgan fingerprint density at radius 3 is 3.11 bits per heavy atom. The van der Waals surface area contributed by atoms with Gasteiger partial charge >= 0.3 is 0 Å². The van der Waals surface area contributed by atoms with Crippen molar-refractivity contribution in [1.82, 2.24) is 15.3 Å². The molecular weight excluding hydrogens is 258 g/mol. The van der Waals surface area contributed by atoms with Crippen LogP contribution < -0.4 is 5.32 Å². The van der Waals surface area contributed by atoms with Gasteiger partial charge in [-0.1, -0.05) is 6.07 Å². The van der Waals surface area contributed by atoms with Crippen molar-refractivity contribution in [1.29, 1.82) is 0 Å². The third-order valence-electron chi connectivity index (χ3n) is 2.75. The number of nitrogens with zero attached hydrogens (tertiary/aromatic N) is 2. The van der Waals surface area contributed by atoms with Crippen LogP contribution in [-0.2, 0) is 6.54 Å². The van der Waals surface area contributed by atoms with Crippen LogP contribution in [0, 0.1) is 0 Å². The van der Waals surface area contributed by atoms with Crippen molar-refractivity contribution in [2.75, 3.05) is 0 Å². The Balaban J connectivity index is 1.73. The summed E-state index contributed by atoms with van der Waals surface area (Å²) in [6, 6.07) is 7.56. The third-order valence-corrected chi connectivity index (χ3v) is 3.62. The first-order valence-corrected chi connectivity index (χ1v) is 6.71. The summed E-state index contributed by atoms with van der Waals surface area (Å²) in [5.41, 5.74) is 1.40. The molecule has 3 aromatic rings. The minimum atomic E-state index is -0.169. The van der Waals surface area contributed by atoms with Crippen molar-refractivity contribution in [3.05, 3.63) is 59.5 Å². The monoisotopic (exact) mass is 269 g/mol. The van der Waals surface area contributed by atoms with E-state index in [4.69, 9.17) is 0 Å². The summed E-state index contributed by atoms with van der Waals surface area (Å²) in [4.78, 5) is 20.2. The molecule has 0 saturated heterocycles. The van der Waals surface area contributed by atoms with Gasteiger partial charge in [-0.25, -0.2) is 4.98 Å². The summed E-state index contributed by atoms with van der Waals surface area (Å²) in [7, 11) is 0. The molecule has 0 spiro atoms. The molecule has 0 aliphatic rings. The number of thiophene rings is 1. The van der Waals surface area contributed by atoms with Gasteiger partial charge in [0.05, 0.1) is 4.70 Å². The second-order valence-electron chi connectivity index (χ2n) is 4.07. The maximum absolute atomic E-state index is 12.0. The molecular formula is C14H11N3OS. The molecule has 1 N–H and O–H groups in total. The molecule has 4 nitrogen and oxygen atoms in total. The smallest absolute Gasteiger partial charge is 0.270 e. The van der Waals surface area contributed by atoms with E-state index in [1.54, 1.807) is 29.9 Å². The topological polar surface area (TPSA) is 54.9 Å². The molecule has 3 heterocycles. The van der Waals surface area contributed by atoms with Crippen molar-refractivity contribution < 1.29 is 4.79 Å². The fourth-order valence-corrected chi connectivity index (χ4v) is 2.51. The maximum Gasteiger partial charge on any atom is 0.270 e. The first-order chi connectivity index (χ1) is 9.33. The van der Waals surface area contributed by atoms with Crippen LogP contribution in [0.5, 0.6) is 0 Å². The summed E-state index contributed by atoms with van der Waals surface area (Å²) >= 11 is 1.62. The minimum absolute atomic E-state index is 0.169. The molecule has 0 radical (unpaired) electrons. The molecule has 3 aromatic heterocycles. The molecule has 0 saturated carbocycles. The zero-order valence-corrected chi connectivity index (χ0v) is 10.9. The first-order valence-electron chi connectivity index (χ1n) is 5.83. The second kappa shape index (κ2) is 5.16. The summed E-state index contributed by atoms with van der Waals surface area (Å²) in [5.74, 6) is -0.169. The number of rotatable bonds is 3. The van der Waals surface area contributed by atoms with Crippen molar-refractivity contribution in [3.8, 4) is 0 Å². The van der Waals surface area contributed by atoms with Crippen LogP contribution >= 0.6 is 11.3 Å². The molecule has 1 amide bonds. The van der Waals surface area contributed by atoms with Crippen molar-refractivity contribution >= 4 is 27.3 Å². The highest BCUT2D eigenvalue weighted by Crippen LogP contribution is 2.19. The lowest BCUT2D eigenvalue weighted by Gasteiger charge is -2.04. The van der Waals surface area contributed by atoms with Gasteiger partial charge in [-0.15, -0.1) is 11.3 Å². The van der Waals surface area contributed by atoms with E-state index in [0.29, 0.717) is 12.2 Å². The molecule has 0 atom stereocenters. The second-order valence-corrected chi connectivity index (χ2v) is 5.02. The average Bonchev–Trinajstić information content (AvgIpc) is 2.93. The lowest BCUT2D eigenvalue weighted by atomic mass is 10.2.